The lowest BCUT2D eigenvalue weighted by Gasteiger charge is -2.38. The second-order valence-corrected chi connectivity index (χ2v) is 6.86. The summed E-state index contributed by atoms with van der Waals surface area (Å²) in [4.78, 5) is 0. The van der Waals surface area contributed by atoms with Gasteiger partial charge < -0.3 is 9.84 Å². The van der Waals surface area contributed by atoms with E-state index >= 15 is 0 Å². The third-order valence-electron chi connectivity index (χ3n) is 4.10. The Morgan fingerprint density at radius 1 is 1.24 bits per heavy atom. The van der Waals surface area contributed by atoms with Crippen LogP contribution in [-0.4, -0.2) is 10.7 Å². The van der Waals surface area contributed by atoms with Gasteiger partial charge in [-0.1, -0.05) is 52.3 Å². The Morgan fingerprint density at radius 3 is 2.76 bits per heavy atom. The van der Waals surface area contributed by atoms with Gasteiger partial charge in [-0.3, -0.25) is 0 Å². The first-order valence-electron chi connectivity index (χ1n) is 7.26. The van der Waals surface area contributed by atoms with Crippen molar-refractivity contribution in [1.29, 1.82) is 0 Å². The maximum atomic E-state index is 10.4. The predicted octanol–water partition coefficient (Wildman–Crippen LogP) is 4.66. The molecule has 21 heavy (non-hydrogen) atoms. The number of ether oxygens (including phenoxy) is 1. The van der Waals surface area contributed by atoms with Gasteiger partial charge in [-0.25, -0.2) is 0 Å². The van der Waals surface area contributed by atoms with E-state index in [1.54, 1.807) is 0 Å². The van der Waals surface area contributed by atoms with E-state index in [-0.39, 0.29) is 5.60 Å². The first kappa shape index (κ1) is 14.6. The highest BCUT2D eigenvalue weighted by molar-refractivity contribution is 9.10. The average molecular weight is 347 g/mol. The highest BCUT2D eigenvalue weighted by Crippen LogP contribution is 2.42. The second-order valence-electron chi connectivity index (χ2n) is 5.94. The van der Waals surface area contributed by atoms with Crippen LogP contribution in [0.3, 0.4) is 0 Å². The van der Waals surface area contributed by atoms with Crippen LogP contribution in [0.4, 0.5) is 0 Å². The maximum absolute atomic E-state index is 10.4. The number of aliphatic hydroxyl groups excluding tert-OH is 1. The van der Waals surface area contributed by atoms with Crippen molar-refractivity contribution in [3.05, 3.63) is 64.1 Å². The highest BCUT2D eigenvalue weighted by Gasteiger charge is 2.36. The van der Waals surface area contributed by atoms with E-state index in [2.05, 4.69) is 47.1 Å². The molecule has 0 saturated heterocycles. The minimum absolute atomic E-state index is 0.330. The van der Waals surface area contributed by atoms with E-state index in [0.717, 1.165) is 28.6 Å². The third kappa shape index (κ3) is 3.30. The van der Waals surface area contributed by atoms with Gasteiger partial charge >= 0.3 is 0 Å². The van der Waals surface area contributed by atoms with Crippen molar-refractivity contribution >= 4 is 15.9 Å². The summed E-state index contributed by atoms with van der Waals surface area (Å²) in [5.74, 6) is 0.790. The number of fused-ring (bicyclic) bond motifs is 1. The maximum Gasteiger partial charge on any atom is 0.127 e. The molecule has 2 atom stereocenters. The van der Waals surface area contributed by atoms with Crippen LogP contribution in [0.15, 0.2) is 53.0 Å². The fraction of sp³-hybridized carbons (Fsp3) is 0.333. The molecule has 0 aliphatic carbocycles. The summed E-state index contributed by atoms with van der Waals surface area (Å²) in [6.45, 7) is 2.09. The first-order valence-corrected chi connectivity index (χ1v) is 8.05. The molecule has 0 aromatic heterocycles. The van der Waals surface area contributed by atoms with Crippen molar-refractivity contribution in [2.24, 2.45) is 0 Å². The Morgan fingerprint density at radius 2 is 2.00 bits per heavy atom. The number of benzene rings is 2. The zero-order valence-corrected chi connectivity index (χ0v) is 13.6. The topological polar surface area (TPSA) is 29.5 Å². The number of rotatable bonds is 3. The smallest absolute Gasteiger partial charge is 0.127 e. The quantitative estimate of drug-likeness (QED) is 0.875. The van der Waals surface area contributed by atoms with Gasteiger partial charge in [0.1, 0.15) is 11.4 Å². The number of aryl methyl sites for hydroxylation is 1. The first-order chi connectivity index (χ1) is 10.1. The van der Waals surface area contributed by atoms with Gasteiger partial charge in [0.15, 0.2) is 0 Å². The van der Waals surface area contributed by atoms with Crippen molar-refractivity contribution in [3.63, 3.8) is 0 Å². The van der Waals surface area contributed by atoms with E-state index in [1.165, 1.54) is 5.56 Å². The summed E-state index contributed by atoms with van der Waals surface area (Å²) in [5, 5.41) is 10.4. The van der Waals surface area contributed by atoms with Gasteiger partial charge in [-0.05, 0) is 37.5 Å². The Hall–Kier alpha value is -1.32. The van der Waals surface area contributed by atoms with Crippen LogP contribution in [0.1, 0.15) is 37.0 Å². The molecule has 1 aliphatic heterocycles. The van der Waals surface area contributed by atoms with Gasteiger partial charge in [0.2, 0.25) is 0 Å². The average Bonchev–Trinajstić information content (AvgIpc) is 2.46. The van der Waals surface area contributed by atoms with Gasteiger partial charge in [0.05, 0.1) is 6.10 Å². The Balaban J connectivity index is 1.77. The van der Waals surface area contributed by atoms with Crippen molar-refractivity contribution in [2.75, 3.05) is 0 Å². The van der Waals surface area contributed by atoms with Crippen LogP contribution in [-0.2, 0) is 6.42 Å². The summed E-state index contributed by atoms with van der Waals surface area (Å²) < 4.78 is 7.18. The zero-order chi connectivity index (χ0) is 14.9. The molecule has 2 aromatic carbocycles. The molecule has 0 saturated carbocycles. The summed E-state index contributed by atoms with van der Waals surface area (Å²) in [5.41, 5.74) is 1.86. The van der Waals surface area contributed by atoms with Gasteiger partial charge in [0.25, 0.3) is 0 Å². The van der Waals surface area contributed by atoms with Crippen molar-refractivity contribution < 1.29 is 9.84 Å². The minimum atomic E-state index is -0.456. The lowest BCUT2D eigenvalue weighted by atomic mass is 9.86. The number of aliphatic hydroxyl groups is 1. The Bertz CT molecular complexity index is 626. The molecule has 1 N–H and O–H groups in total. The van der Waals surface area contributed by atoms with Crippen molar-refractivity contribution in [1.82, 2.24) is 0 Å². The number of hydrogen-bond acceptors (Lipinski definition) is 2. The third-order valence-corrected chi connectivity index (χ3v) is 4.59. The molecule has 1 aliphatic rings. The minimum Gasteiger partial charge on any atom is -0.487 e. The second kappa shape index (κ2) is 5.82. The van der Waals surface area contributed by atoms with Crippen molar-refractivity contribution in [3.8, 4) is 5.75 Å². The molecule has 3 rings (SSSR count). The van der Waals surface area contributed by atoms with Crippen LogP contribution < -0.4 is 4.74 Å². The molecule has 1 heterocycles. The van der Waals surface area contributed by atoms with Crippen LogP contribution in [0.5, 0.6) is 5.75 Å². The van der Waals surface area contributed by atoms with E-state index in [4.69, 9.17) is 4.74 Å². The Kier molecular flexibility index (Phi) is 4.05. The van der Waals surface area contributed by atoms with E-state index in [0.29, 0.717) is 6.42 Å². The lowest BCUT2D eigenvalue weighted by Crippen LogP contribution is -2.38. The van der Waals surface area contributed by atoms with E-state index < -0.39 is 6.10 Å². The normalized spacial score (nSPS) is 24.2. The summed E-state index contributed by atoms with van der Waals surface area (Å²) in [6, 6.07) is 16.2. The molecule has 0 spiro atoms. The predicted molar refractivity (Wildman–Crippen MR) is 87.5 cm³/mol. The Labute approximate surface area is 133 Å². The number of halogens is 1. The molecule has 2 aromatic rings. The molecule has 110 valence electrons. The molecule has 0 amide bonds. The highest BCUT2D eigenvalue weighted by atomic mass is 79.9. The molecular weight excluding hydrogens is 328 g/mol. The van der Waals surface area contributed by atoms with Gasteiger partial charge in [-0.15, -0.1) is 0 Å². The molecule has 2 nitrogen and oxygen atoms in total. The fourth-order valence-corrected chi connectivity index (χ4v) is 3.24. The lowest BCUT2D eigenvalue weighted by molar-refractivity contribution is -0.00677. The van der Waals surface area contributed by atoms with Crippen LogP contribution >= 0.6 is 15.9 Å². The van der Waals surface area contributed by atoms with Crippen LogP contribution in [0.2, 0.25) is 0 Å². The van der Waals surface area contributed by atoms with Crippen molar-refractivity contribution in [2.45, 2.75) is 37.9 Å². The zero-order valence-electron chi connectivity index (χ0n) is 12.1. The molecule has 1 unspecified atom stereocenters. The SMILES string of the molecule is CC1(CCc2ccccc2)C[C@H](O)c2ccc(Br)cc2O1. The molecule has 0 bridgehead atoms. The van der Waals surface area contributed by atoms with Gasteiger partial charge in [0, 0.05) is 16.5 Å². The van der Waals surface area contributed by atoms with E-state index in [1.807, 2.05) is 24.3 Å². The van der Waals surface area contributed by atoms with E-state index in [9.17, 15) is 5.11 Å². The fourth-order valence-electron chi connectivity index (χ4n) is 2.90. The monoisotopic (exact) mass is 346 g/mol. The van der Waals surface area contributed by atoms with Gasteiger partial charge in [-0.2, -0.15) is 0 Å². The molecular formula is C18H19BrO2. The summed E-state index contributed by atoms with van der Waals surface area (Å²) in [7, 11) is 0. The molecule has 0 radical (unpaired) electrons. The largest absolute Gasteiger partial charge is 0.487 e. The van der Waals surface area contributed by atoms with Crippen LogP contribution in [0, 0.1) is 0 Å². The standard InChI is InChI=1S/C18H19BrO2/c1-18(10-9-13-5-3-2-4-6-13)12-16(20)15-8-7-14(19)11-17(15)21-18/h2-8,11,16,20H,9-10,12H2,1H3/t16-,18?/m0/s1. The molecule has 3 heteroatoms. The van der Waals surface area contributed by atoms with Crippen LogP contribution in [0.25, 0.3) is 0 Å². The summed E-state index contributed by atoms with van der Waals surface area (Å²) in [6.07, 6.45) is 2.02. The number of hydrogen-bond donors (Lipinski definition) is 1. The molecule has 0 fully saturated rings. The summed E-state index contributed by atoms with van der Waals surface area (Å²) >= 11 is 3.46.